The molecule has 2 rings (SSSR count). The highest BCUT2D eigenvalue weighted by Crippen LogP contribution is 2.31. The Labute approximate surface area is 124 Å². The average Bonchev–Trinajstić information content (AvgIpc) is 3.26. The largest absolute Gasteiger partial charge is 0.339 e. The first kappa shape index (κ1) is 15.8. The van der Waals surface area contributed by atoms with E-state index in [2.05, 4.69) is 24.1 Å². The lowest BCUT2D eigenvalue weighted by Crippen LogP contribution is -2.38. The van der Waals surface area contributed by atoms with Crippen molar-refractivity contribution < 1.29 is 4.79 Å². The maximum absolute atomic E-state index is 12.4. The van der Waals surface area contributed by atoms with E-state index in [0.717, 1.165) is 31.8 Å². The predicted octanol–water partition coefficient (Wildman–Crippen LogP) is 3.34. The van der Waals surface area contributed by atoms with Crippen molar-refractivity contribution in [2.24, 2.45) is 5.92 Å². The number of hydrogen-bond acceptors (Lipinski definition) is 2. The van der Waals surface area contributed by atoms with E-state index >= 15 is 0 Å². The molecule has 0 unspecified atom stereocenters. The fraction of sp³-hybridized carbons (Fsp3) is 0.941. The number of amides is 1. The smallest absolute Gasteiger partial charge is 0.222 e. The third-order valence-electron chi connectivity index (χ3n) is 4.61. The van der Waals surface area contributed by atoms with Gasteiger partial charge in [0, 0.05) is 25.0 Å². The van der Waals surface area contributed by atoms with Gasteiger partial charge < -0.3 is 10.2 Å². The first-order chi connectivity index (χ1) is 9.66. The standard InChI is InChI=1S/C17H32N2O/c1-14(2)18-12-6-9-17(20)19(16-10-11-16)13-15-7-4-3-5-8-15/h14-16,18H,3-13H2,1-2H3. The van der Waals surface area contributed by atoms with E-state index in [-0.39, 0.29) is 0 Å². The van der Waals surface area contributed by atoms with Crippen LogP contribution in [0.2, 0.25) is 0 Å². The molecule has 0 radical (unpaired) electrons. The Morgan fingerprint density at radius 3 is 2.45 bits per heavy atom. The summed E-state index contributed by atoms with van der Waals surface area (Å²) in [5.41, 5.74) is 0. The number of carbonyl (C=O) groups is 1. The Balaban J connectivity index is 1.71. The van der Waals surface area contributed by atoms with Gasteiger partial charge in [-0.2, -0.15) is 0 Å². The highest BCUT2D eigenvalue weighted by molar-refractivity contribution is 5.76. The maximum atomic E-state index is 12.4. The molecule has 0 aromatic carbocycles. The first-order valence-corrected chi connectivity index (χ1v) is 8.69. The van der Waals surface area contributed by atoms with Crippen molar-refractivity contribution in [3.05, 3.63) is 0 Å². The molecule has 0 heterocycles. The molecule has 3 heteroatoms. The molecule has 2 saturated carbocycles. The van der Waals surface area contributed by atoms with E-state index in [1.807, 2.05) is 0 Å². The molecule has 0 spiro atoms. The Morgan fingerprint density at radius 2 is 1.85 bits per heavy atom. The molecule has 1 amide bonds. The summed E-state index contributed by atoms with van der Waals surface area (Å²) < 4.78 is 0. The van der Waals surface area contributed by atoms with Gasteiger partial charge in [-0.05, 0) is 44.6 Å². The minimum atomic E-state index is 0.406. The molecule has 0 aromatic heterocycles. The van der Waals surface area contributed by atoms with Gasteiger partial charge in [0.05, 0.1) is 0 Å². The zero-order valence-electron chi connectivity index (χ0n) is 13.4. The maximum Gasteiger partial charge on any atom is 0.222 e. The summed E-state index contributed by atoms with van der Waals surface area (Å²) in [5.74, 6) is 1.19. The van der Waals surface area contributed by atoms with Crippen LogP contribution in [0.1, 0.15) is 71.6 Å². The molecular weight excluding hydrogens is 248 g/mol. The molecule has 0 aromatic rings. The number of hydrogen-bond donors (Lipinski definition) is 1. The van der Waals surface area contributed by atoms with Gasteiger partial charge in [0.1, 0.15) is 0 Å². The van der Waals surface area contributed by atoms with Crippen molar-refractivity contribution in [3.8, 4) is 0 Å². The van der Waals surface area contributed by atoms with E-state index in [0.29, 0.717) is 18.0 Å². The molecule has 0 aliphatic heterocycles. The second-order valence-electron chi connectivity index (χ2n) is 6.99. The quantitative estimate of drug-likeness (QED) is 0.692. The van der Waals surface area contributed by atoms with Crippen molar-refractivity contribution in [3.63, 3.8) is 0 Å². The number of nitrogens with zero attached hydrogens (tertiary/aromatic N) is 1. The lowest BCUT2D eigenvalue weighted by Gasteiger charge is -2.30. The molecule has 1 N–H and O–H groups in total. The van der Waals surface area contributed by atoms with Gasteiger partial charge in [-0.1, -0.05) is 33.1 Å². The van der Waals surface area contributed by atoms with Crippen LogP contribution in [0.15, 0.2) is 0 Å². The monoisotopic (exact) mass is 280 g/mol. The topological polar surface area (TPSA) is 32.3 Å². The molecule has 2 aliphatic carbocycles. The number of rotatable bonds is 8. The summed E-state index contributed by atoms with van der Waals surface area (Å²) >= 11 is 0. The van der Waals surface area contributed by atoms with Crippen LogP contribution >= 0.6 is 0 Å². The van der Waals surface area contributed by atoms with Gasteiger partial charge in [0.15, 0.2) is 0 Å². The van der Waals surface area contributed by atoms with Gasteiger partial charge in [0.2, 0.25) is 5.91 Å². The first-order valence-electron chi connectivity index (χ1n) is 8.69. The van der Waals surface area contributed by atoms with Crippen molar-refractivity contribution >= 4 is 5.91 Å². The van der Waals surface area contributed by atoms with E-state index in [4.69, 9.17) is 0 Å². The summed E-state index contributed by atoms with van der Waals surface area (Å²) in [6, 6.07) is 1.11. The summed E-state index contributed by atoms with van der Waals surface area (Å²) in [4.78, 5) is 14.7. The van der Waals surface area contributed by atoms with E-state index in [9.17, 15) is 4.79 Å². The lowest BCUT2D eigenvalue weighted by atomic mass is 9.89. The molecule has 0 saturated heterocycles. The van der Waals surface area contributed by atoms with Gasteiger partial charge in [-0.3, -0.25) is 4.79 Å². The van der Waals surface area contributed by atoms with Gasteiger partial charge in [0.25, 0.3) is 0 Å². The van der Waals surface area contributed by atoms with E-state index in [1.54, 1.807) is 0 Å². The normalized spacial score (nSPS) is 20.4. The zero-order chi connectivity index (χ0) is 14.4. The van der Waals surface area contributed by atoms with Crippen LogP contribution in [0.5, 0.6) is 0 Å². The molecule has 20 heavy (non-hydrogen) atoms. The fourth-order valence-electron chi connectivity index (χ4n) is 3.26. The summed E-state index contributed by atoms with van der Waals surface area (Å²) in [6.45, 7) is 6.31. The van der Waals surface area contributed by atoms with E-state index in [1.165, 1.54) is 44.9 Å². The Bertz CT molecular complexity index is 293. The molecule has 3 nitrogen and oxygen atoms in total. The minimum absolute atomic E-state index is 0.406. The SMILES string of the molecule is CC(C)NCCCC(=O)N(CC1CCCCC1)C1CC1. The molecule has 0 bridgehead atoms. The third kappa shape index (κ3) is 5.43. The zero-order valence-corrected chi connectivity index (χ0v) is 13.4. The van der Waals surface area contributed by atoms with Crippen LogP contribution in [0.25, 0.3) is 0 Å². The van der Waals surface area contributed by atoms with Gasteiger partial charge >= 0.3 is 0 Å². The summed E-state index contributed by atoms with van der Waals surface area (Å²) in [5, 5.41) is 3.40. The highest BCUT2D eigenvalue weighted by atomic mass is 16.2. The third-order valence-corrected chi connectivity index (χ3v) is 4.61. The van der Waals surface area contributed by atoms with Crippen LogP contribution in [0, 0.1) is 5.92 Å². The summed E-state index contributed by atoms with van der Waals surface area (Å²) in [6.07, 6.45) is 11.0. The van der Waals surface area contributed by atoms with Crippen LogP contribution in [-0.2, 0) is 4.79 Å². The summed E-state index contributed by atoms with van der Waals surface area (Å²) in [7, 11) is 0. The van der Waals surface area contributed by atoms with Crippen LogP contribution in [0.3, 0.4) is 0 Å². The Kier molecular flexibility index (Phi) is 6.34. The van der Waals surface area contributed by atoms with E-state index < -0.39 is 0 Å². The van der Waals surface area contributed by atoms with Crippen LogP contribution < -0.4 is 5.32 Å². The fourth-order valence-corrected chi connectivity index (χ4v) is 3.26. The molecule has 2 fully saturated rings. The van der Waals surface area contributed by atoms with Crippen LogP contribution in [0.4, 0.5) is 0 Å². The predicted molar refractivity (Wildman–Crippen MR) is 83.7 cm³/mol. The number of carbonyl (C=O) groups excluding carboxylic acids is 1. The molecule has 116 valence electrons. The van der Waals surface area contributed by atoms with Crippen molar-refractivity contribution in [1.82, 2.24) is 10.2 Å². The average molecular weight is 280 g/mol. The second kappa shape index (κ2) is 8.02. The van der Waals surface area contributed by atoms with Gasteiger partial charge in [-0.15, -0.1) is 0 Å². The Morgan fingerprint density at radius 1 is 1.15 bits per heavy atom. The Hall–Kier alpha value is -0.570. The molecular formula is C17H32N2O. The minimum Gasteiger partial charge on any atom is -0.339 e. The van der Waals surface area contributed by atoms with Crippen LogP contribution in [-0.4, -0.2) is 36.0 Å². The molecule has 2 aliphatic rings. The van der Waals surface area contributed by atoms with Crippen molar-refractivity contribution in [2.75, 3.05) is 13.1 Å². The van der Waals surface area contributed by atoms with Gasteiger partial charge in [-0.25, -0.2) is 0 Å². The lowest BCUT2D eigenvalue weighted by molar-refractivity contribution is -0.132. The number of nitrogens with one attached hydrogen (secondary N) is 1. The molecule has 0 atom stereocenters. The second-order valence-corrected chi connectivity index (χ2v) is 6.99. The van der Waals surface area contributed by atoms with Crippen molar-refractivity contribution in [1.29, 1.82) is 0 Å². The van der Waals surface area contributed by atoms with Crippen molar-refractivity contribution in [2.45, 2.75) is 83.7 Å². The highest BCUT2D eigenvalue weighted by Gasteiger charge is 2.33.